The van der Waals surface area contributed by atoms with Gasteiger partial charge >= 0.3 is 12.1 Å². The molecule has 1 aromatic carbocycles. The Morgan fingerprint density at radius 1 is 1.14 bits per heavy atom. The van der Waals surface area contributed by atoms with Gasteiger partial charge in [0, 0.05) is 18.0 Å². The molecule has 0 heterocycles. The van der Waals surface area contributed by atoms with Gasteiger partial charge in [-0.15, -0.1) is 9.24 Å². The van der Waals surface area contributed by atoms with Gasteiger partial charge in [-0.3, -0.25) is 24.1 Å². The second kappa shape index (κ2) is 11.3. The summed E-state index contributed by atoms with van der Waals surface area (Å²) in [6.45, 7) is 4.29. The summed E-state index contributed by atoms with van der Waals surface area (Å²) >= 11 is 0. The number of likely N-dealkylation sites (N-methyl/N-ethyl adjacent to an activating group) is 1. The zero-order valence-electron chi connectivity index (χ0n) is 24.5. The Kier molecular flexibility index (Phi) is 8.38. The van der Waals surface area contributed by atoms with Crippen LogP contribution in [0.15, 0.2) is 29.0 Å². The van der Waals surface area contributed by atoms with Crippen LogP contribution in [0.3, 0.4) is 0 Å². The fourth-order valence-corrected chi connectivity index (χ4v) is 6.73. The van der Waals surface area contributed by atoms with Crippen molar-refractivity contribution >= 4 is 44.5 Å². The fraction of sp³-hybridized carbons (Fsp3) is 0.483. The number of aliphatic hydroxyl groups is 2. The quantitative estimate of drug-likeness (QED) is 0.134. The average Bonchev–Trinajstić information content (AvgIpc) is 2.89. The molecular weight excluding hydrogens is 581 g/mol. The van der Waals surface area contributed by atoms with Crippen molar-refractivity contribution in [1.29, 1.82) is 0 Å². The molecule has 5 atom stereocenters. The van der Waals surface area contributed by atoms with E-state index in [0.717, 1.165) is 0 Å². The molecule has 1 fully saturated rings. The molecule has 0 aromatic heterocycles. The third kappa shape index (κ3) is 5.36. The highest BCUT2D eigenvalue weighted by Gasteiger charge is 2.62. The van der Waals surface area contributed by atoms with Crippen molar-refractivity contribution in [3.05, 3.63) is 45.7 Å². The Bertz CT molecular complexity index is 1490. The first-order chi connectivity index (χ1) is 19.9. The molecule has 14 heteroatoms. The van der Waals surface area contributed by atoms with E-state index in [9.17, 15) is 39.3 Å². The maximum atomic E-state index is 14.1. The van der Waals surface area contributed by atoms with Crippen LogP contribution in [0.5, 0.6) is 5.75 Å². The van der Waals surface area contributed by atoms with Crippen molar-refractivity contribution < 1.29 is 48.8 Å². The van der Waals surface area contributed by atoms with Crippen LogP contribution >= 0.6 is 9.24 Å². The van der Waals surface area contributed by atoms with Gasteiger partial charge in [0.2, 0.25) is 6.79 Å². The number of amides is 2. The minimum Gasteiger partial charge on any atom is -0.510 e. The second-order valence-corrected chi connectivity index (χ2v) is 13.2. The predicted octanol–water partition coefficient (Wildman–Crippen LogP) is 1.62. The maximum Gasteiger partial charge on any atom is 0.410 e. The third-order valence-corrected chi connectivity index (χ3v) is 9.19. The van der Waals surface area contributed by atoms with Crippen LogP contribution in [0, 0.1) is 17.3 Å². The lowest BCUT2D eigenvalue weighted by atomic mass is 9.59. The van der Waals surface area contributed by atoms with Gasteiger partial charge in [0.05, 0.1) is 17.0 Å². The van der Waals surface area contributed by atoms with E-state index in [1.54, 1.807) is 45.8 Å². The summed E-state index contributed by atoms with van der Waals surface area (Å²) in [4.78, 5) is 65.3. The molecule has 1 aromatic rings. The van der Waals surface area contributed by atoms with Crippen LogP contribution in [-0.4, -0.2) is 81.8 Å². The number of carbonyl (C=O) groups is 5. The summed E-state index contributed by atoms with van der Waals surface area (Å²) in [5.41, 5.74) is 4.92. The number of nitrogens with two attached hydrogens (primary N) is 1. The molecule has 0 aliphatic heterocycles. The Balaban J connectivity index is 1.67. The minimum absolute atomic E-state index is 0.00642. The number of rotatable bonds is 6. The highest BCUT2D eigenvalue weighted by Crippen LogP contribution is 2.56. The fourth-order valence-electron chi connectivity index (χ4n) is 6.12. The zero-order chi connectivity index (χ0) is 32.2. The predicted molar refractivity (Wildman–Crippen MR) is 155 cm³/mol. The third-order valence-electron chi connectivity index (χ3n) is 8.23. The molecule has 43 heavy (non-hydrogen) atoms. The normalized spacial score (nSPS) is 25.1. The molecule has 0 bridgehead atoms. The van der Waals surface area contributed by atoms with E-state index in [-0.39, 0.29) is 36.3 Å². The number of phenols is 1. The van der Waals surface area contributed by atoms with Crippen molar-refractivity contribution in [2.45, 2.75) is 51.4 Å². The molecule has 0 spiro atoms. The first-order valence-corrected chi connectivity index (χ1v) is 14.1. The number of nitrogens with zero attached hydrogens (tertiary/aromatic N) is 1. The van der Waals surface area contributed by atoms with Gasteiger partial charge in [0.15, 0.2) is 11.6 Å². The van der Waals surface area contributed by atoms with Gasteiger partial charge in [-0.2, -0.15) is 0 Å². The van der Waals surface area contributed by atoms with E-state index in [4.69, 9.17) is 15.2 Å². The summed E-state index contributed by atoms with van der Waals surface area (Å²) < 4.78 is 9.85. The number of benzene rings is 1. The number of aliphatic hydroxyl groups excluding tert-OH is 2. The van der Waals surface area contributed by atoms with Crippen molar-refractivity contribution in [2.75, 3.05) is 20.9 Å². The number of esters is 1. The van der Waals surface area contributed by atoms with Gasteiger partial charge in [-0.05, 0) is 70.8 Å². The molecule has 3 aliphatic rings. The number of allylic oxidation sites excluding steroid dienone is 2. The van der Waals surface area contributed by atoms with Crippen molar-refractivity contribution in [1.82, 2.24) is 10.2 Å². The number of phenolic OH excluding ortho intramolecular Hbond substituents is 1. The van der Waals surface area contributed by atoms with E-state index in [1.807, 2.05) is 0 Å². The van der Waals surface area contributed by atoms with Crippen molar-refractivity contribution in [3.63, 3.8) is 0 Å². The number of ether oxygens (including phenoxy) is 2. The van der Waals surface area contributed by atoms with Crippen LogP contribution in [0.1, 0.15) is 43.9 Å². The standard InChI is InChI=1S/C29H36N3O10P/c1-28(2,3)26(39)41-11-42-27(40)31-10-12-6-7-16(33)18-14(12)8-13-9-15-20(32(4)5)22(35)19(25(30)38)24(37)29(15,43)23(36)17(13)21(18)34/h6-7,13,15,20,33-34,37H,8-11,43H2,1-5H3,(H2,30,38)(H,31,40)/t13-,15-,20-,29-/m0/s1. The smallest absolute Gasteiger partial charge is 0.410 e. The highest BCUT2D eigenvalue weighted by molar-refractivity contribution is 7.22. The number of hydrogen-bond acceptors (Lipinski definition) is 11. The summed E-state index contributed by atoms with van der Waals surface area (Å²) in [6.07, 6.45) is -0.562. The molecule has 1 saturated carbocycles. The van der Waals surface area contributed by atoms with Crippen LogP contribution in [0.4, 0.5) is 4.79 Å². The van der Waals surface area contributed by atoms with Crippen LogP contribution in [0.2, 0.25) is 0 Å². The van der Waals surface area contributed by atoms with Gasteiger partial charge < -0.3 is 35.8 Å². The first kappa shape index (κ1) is 32.0. The van der Waals surface area contributed by atoms with Gasteiger partial charge in [-0.1, -0.05) is 6.07 Å². The molecule has 2 amide bonds. The number of Topliss-reactive ketones (excluding diaryl/α,β-unsaturated/α-hetero) is 2. The van der Waals surface area contributed by atoms with Gasteiger partial charge in [-0.25, -0.2) is 4.79 Å². The number of nitrogens with one attached hydrogen (secondary N) is 1. The van der Waals surface area contributed by atoms with E-state index in [1.165, 1.54) is 6.07 Å². The topological polar surface area (TPSA) is 206 Å². The van der Waals surface area contributed by atoms with Crippen molar-refractivity contribution in [3.8, 4) is 5.75 Å². The molecular formula is C29H36N3O10P. The first-order valence-electron chi connectivity index (χ1n) is 13.6. The summed E-state index contributed by atoms with van der Waals surface area (Å²) in [5, 5.41) is 34.0. The van der Waals surface area contributed by atoms with Crippen LogP contribution in [-0.2, 0) is 41.6 Å². The van der Waals surface area contributed by atoms with E-state index in [2.05, 4.69) is 14.6 Å². The van der Waals surface area contributed by atoms with Gasteiger partial charge in [0.25, 0.3) is 5.91 Å². The zero-order valence-corrected chi connectivity index (χ0v) is 25.7. The lowest BCUT2D eigenvalue weighted by molar-refractivity contribution is -0.161. The summed E-state index contributed by atoms with van der Waals surface area (Å²) in [5.74, 6) is -6.13. The average molecular weight is 618 g/mol. The minimum atomic E-state index is -1.82. The lowest BCUT2D eigenvalue weighted by Crippen LogP contribution is -2.63. The number of ketones is 2. The summed E-state index contributed by atoms with van der Waals surface area (Å²) in [7, 11) is 5.51. The molecule has 13 nitrogen and oxygen atoms in total. The molecule has 4 rings (SSSR count). The Morgan fingerprint density at radius 3 is 2.37 bits per heavy atom. The lowest BCUT2D eigenvalue weighted by Gasteiger charge is -2.51. The maximum absolute atomic E-state index is 14.1. The number of aromatic hydroxyl groups is 1. The van der Waals surface area contributed by atoms with Crippen LogP contribution < -0.4 is 11.1 Å². The number of primary amides is 1. The Morgan fingerprint density at radius 2 is 1.79 bits per heavy atom. The molecule has 1 unspecified atom stereocenters. The number of fused-ring (bicyclic) bond motifs is 3. The SMILES string of the molecule is CN(C)[C@@H]1C(=O)C(C(N)=O)=C(O)[C@@]2(P)C(=O)C3=C(O)c4c(O)ccc(CNC(=O)OCOC(=O)C(C)(C)C)c4C[C@H]3C[C@@H]12. The molecule has 0 saturated heterocycles. The molecule has 6 N–H and O–H groups in total. The Hall–Kier alpha value is -3.96. The largest absolute Gasteiger partial charge is 0.510 e. The molecule has 232 valence electrons. The number of carbonyl (C=O) groups excluding carboxylic acids is 5. The van der Waals surface area contributed by atoms with E-state index >= 15 is 0 Å². The highest BCUT2D eigenvalue weighted by atomic mass is 31.0. The number of hydrogen-bond donors (Lipinski definition) is 5. The number of alkyl carbamates (subject to hydrolysis) is 1. The van der Waals surface area contributed by atoms with E-state index < -0.39 is 81.9 Å². The van der Waals surface area contributed by atoms with Gasteiger partial charge in [0.1, 0.15) is 28.0 Å². The van der Waals surface area contributed by atoms with Crippen LogP contribution in [0.25, 0.3) is 5.76 Å². The molecule has 0 radical (unpaired) electrons. The molecule has 3 aliphatic carbocycles. The second-order valence-electron chi connectivity index (χ2n) is 12.2. The van der Waals surface area contributed by atoms with E-state index in [0.29, 0.717) is 11.1 Å². The Labute approximate surface area is 250 Å². The summed E-state index contributed by atoms with van der Waals surface area (Å²) in [6, 6.07) is 1.88. The van der Waals surface area contributed by atoms with Crippen molar-refractivity contribution in [2.24, 2.45) is 23.0 Å². The monoisotopic (exact) mass is 617 g/mol.